The molecular weight excluding hydrogens is 326 g/mol. The second kappa shape index (κ2) is 7.03. The number of rotatable bonds is 2. The van der Waals surface area contributed by atoms with Gasteiger partial charge in [-0.2, -0.15) is 0 Å². The summed E-state index contributed by atoms with van der Waals surface area (Å²) in [6.07, 6.45) is 0.981. The molecule has 0 radical (unpaired) electrons. The van der Waals surface area contributed by atoms with Gasteiger partial charge in [-0.05, 0) is 37.6 Å². The highest BCUT2D eigenvalue weighted by Gasteiger charge is 2.24. The average molecular weight is 351 g/mol. The number of piperazine rings is 1. The topological polar surface area (TPSA) is 52.6 Å². The molecule has 1 aromatic heterocycles. The van der Waals surface area contributed by atoms with Gasteiger partial charge in [-0.15, -0.1) is 0 Å². The Hall–Kier alpha value is -2.47. The van der Waals surface area contributed by atoms with E-state index in [2.05, 4.69) is 51.1 Å². The van der Waals surface area contributed by atoms with Crippen molar-refractivity contribution in [1.29, 1.82) is 0 Å². The molecule has 4 rings (SSSR count). The molecule has 0 bridgehead atoms. The van der Waals surface area contributed by atoms with Gasteiger partial charge in [-0.3, -0.25) is 4.79 Å². The average Bonchev–Trinajstić information content (AvgIpc) is 2.67. The summed E-state index contributed by atoms with van der Waals surface area (Å²) < 4.78 is 0. The smallest absolute Gasteiger partial charge is 0.272 e. The Labute approximate surface area is 154 Å². The first kappa shape index (κ1) is 17.0. The van der Waals surface area contributed by atoms with Gasteiger partial charge in [0.2, 0.25) is 5.95 Å². The molecule has 0 atom stereocenters. The first-order valence-electron chi connectivity index (χ1n) is 9.25. The summed E-state index contributed by atoms with van der Waals surface area (Å²) in [5.74, 6) is 0.680. The van der Waals surface area contributed by atoms with Gasteiger partial charge < -0.3 is 14.7 Å². The number of hydrogen-bond acceptors (Lipinski definition) is 5. The van der Waals surface area contributed by atoms with E-state index < -0.39 is 0 Å². The zero-order chi connectivity index (χ0) is 18.1. The quantitative estimate of drug-likeness (QED) is 0.825. The van der Waals surface area contributed by atoms with Gasteiger partial charge in [-0.1, -0.05) is 24.3 Å². The van der Waals surface area contributed by atoms with Crippen LogP contribution in [0.4, 0.5) is 5.95 Å². The molecule has 1 aromatic carbocycles. The lowest BCUT2D eigenvalue weighted by Crippen LogP contribution is -2.47. The molecule has 2 aliphatic heterocycles. The van der Waals surface area contributed by atoms with E-state index in [1.807, 2.05) is 17.9 Å². The molecule has 26 heavy (non-hydrogen) atoms. The van der Waals surface area contributed by atoms with Crippen molar-refractivity contribution in [2.75, 3.05) is 44.7 Å². The summed E-state index contributed by atoms with van der Waals surface area (Å²) in [7, 11) is 2.09. The maximum absolute atomic E-state index is 12.9. The normalized spacial score (nSPS) is 17.9. The van der Waals surface area contributed by atoms with Crippen molar-refractivity contribution in [2.24, 2.45) is 0 Å². The molecule has 0 unspecified atom stereocenters. The molecular formula is C20H25N5O. The Morgan fingerprint density at radius 3 is 2.50 bits per heavy atom. The molecule has 6 heteroatoms. The Kier molecular flexibility index (Phi) is 4.59. The molecule has 3 heterocycles. The minimum atomic E-state index is 0.0160. The maximum Gasteiger partial charge on any atom is 0.272 e. The number of nitrogens with zero attached hydrogens (tertiary/aromatic N) is 5. The third-order valence-corrected chi connectivity index (χ3v) is 5.27. The fourth-order valence-electron chi connectivity index (χ4n) is 3.64. The van der Waals surface area contributed by atoms with Gasteiger partial charge in [0.25, 0.3) is 5.91 Å². The van der Waals surface area contributed by atoms with Crippen LogP contribution in [0.5, 0.6) is 0 Å². The number of anilines is 1. The van der Waals surface area contributed by atoms with Crippen LogP contribution in [0.2, 0.25) is 0 Å². The monoisotopic (exact) mass is 351 g/mol. The molecule has 2 aliphatic rings. The molecule has 2 aromatic rings. The van der Waals surface area contributed by atoms with Crippen molar-refractivity contribution in [3.8, 4) is 0 Å². The van der Waals surface area contributed by atoms with Crippen molar-refractivity contribution in [1.82, 2.24) is 19.8 Å². The molecule has 0 N–H and O–H groups in total. The second-order valence-corrected chi connectivity index (χ2v) is 7.23. The molecule has 0 saturated carbocycles. The SMILES string of the molecule is Cc1cc(C(=O)N2CCN(C)CC2)nc(N2CCc3ccccc3C2)n1. The van der Waals surface area contributed by atoms with Crippen LogP contribution in [0.3, 0.4) is 0 Å². The lowest BCUT2D eigenvalue weighted by atomic mass is 10.0. The van der Waals surface area contributed by atoms with E-state index >= 15 is 0 Å². The molecule has 0 aliphatic carbocycles. The number of benzene rings is 1. The molecule has 1 saturated heterocycles. The second-order valence-electron chi connectivity index (χ2n) is 7.23. The van der Waals surface area contributed by atoms with E-state index in [4.69, 9.17) is 0 Å². The van der Waals surface area contributed by atoms with Gasteiger partial charge in [0.15, 0.2) is 0 Å². The van der Waals surface area contributed by atoms with E-state index in [0.29, 0.717) is 11.6 Å². The number of fused-ring (bicyclic) bond motifs is 1. The van der Waals surface area contributed by atoms with Crippen molar-refractivity contribution in [3.63, 3.8) is 0 Å². The van der Waals surface area contributed by atoms with Crippen LogP contribution >= 0.6 is 0 Å². The number of aromatic nitrogens is 2. The van der Waals surface area contributed by atoms with Gasteiger partial charge in [0, 0.05) is 45.0 Å². The number of aryl methyl sites for hydroxylation is 1. The highest BCUT2D eigenvalue weighted by Crippen LogP contribution is 2.22. The third-order valence-electron chi connectivity index (χ3n) is 5.27. The van der Waals surface area contributed by atoms with Crippen LogP contribution in [-0.2, 0) is 13.0 Å². The number of likely N-dealkylation sites (N-methyl/N-ethyl adjacent to an activating group) is 1. The number of carbonyl (C=O) groups excluding carboxylic acids is 1. The number of carbonyl (C=O) groups is 1. The zero-order valence-electron chi connectivity index (χ0n) is 15.5. The Morgan fingerprint density at radius 2 is 1.73 bits per heavy atom. The number of hydrogen-bond donors (Lipinski definition) is 0. The minimum absolute atomic E-state index is 0.0160. The predicted molar refractivity (Wildman–Crippen MR) is 101 cm³/mol. The molecule has 1 amide bonds. The van der Waals surface area contributed by atoms with Crippen LogP contribution < -0.4 is 4.90 Å². The van der Waals surface area contributed by atoms with Gasteiger partial charge in [0.1, 0.15) is 5.69 Å². The van der Waals surface area contributed by atoms with Crippen LogP contribution in [-0.4, -0.2) is 65.4 Å². The van der Waals surface area contributed by atoms with Crippen molar-refractivity contribution < 1.29 is 4.79 Å². The predicted octanol–water partition coefficient (Wildman–Crippen LogP) is 1.74. The summed E-state index contributed by atoms with van der Waals surface area (Å²) in [5, 5.41) is 0. The van der Waals surface area contributed by atoms with Crippen LogP contribution in [0.15, 0.2) is 30.3 Å². The molecule has 6 nitrogen and oxygen atoms in total. The highest BCUT2D eigenvalue weighted by atomic mass is 16.2. The first-order chi connectivity index (χ1) is 12.6. The summed E-state index contributed by atoms with van der Waals surface area (Å²) in [4.78, 5) is 28.4. The zero-order valence-corrected chi connectivity index (χ0v) is 15.5. The summed E-state index contributed by atoms with van der Waals surface area (Å²) >= 11 is 0. The van der Waals surface area contributed by atoms with E-state index in [1.165, 1.54) is 11.1 Å². The molecule has 0 spiro atoms. The van der Waals surface area contributed by atoms with E-state index in [9.17, 15) is 4.79 Å². The highest BCUT2D eigenvalue weighted by molar-refractivity contribution is 5.92. The van der Waals surface area contributed by atoms with Gasteiger partial charge in [0.05, 0.1) is 0 Å². The largest absolute Gasteiger partial charge is 0.336 e. The van der Waals surface area contributed by atoms with Crippen LogP contribution in [0.25, 0.3) is 0 Å². The third kappa shape index (κ3) is 3.42. The van der Waals surface area contributed by atoms with E-state index in [1.54, 1.807) is 0 Å². The minimum Gasteiger partial charge on any atom is -0.336 e. The van der Waals surface area contributed by atoms with Crippen molar-refractivity contribution in [3.05, 3.63) is 52.8 Å². The van der Waals surface area contributed by atoms with E-state index in [0.717, 1.165) is 51.4 Å². The Morgan fingerprint density at radius 1 is 1.00 bits per heavy atom. The fraction of sp³-hybridized carbons (Fsp3) is 0.450. The van der Waals surface area contributed by atoms with Gasteiger partial charge in [-0.25, -0.2) is 9.97 Å². The van der Waals surface area contributed by atoms with Crippen LogP contribution in [0, 0.1) is 6.92 Å². The molecule has 1 fully saturated rings. The van der Waals surface area contributed by atoms with Crippen molar-refractivity contribution in [2.45, 2.75) is 19.9 Å². The van der Waals surface area contributed by atoms with Crippen LogP contribution in [0.1, 0.15) is 27.3 Å². The maximum atomic E-state index is 12.9. The van der Waals surface area contributed by atoms with E-state index in [-0.39, 0.29) is 5.91 Å². The molecule has 136 valence electrons. The standard InChI is InChI=1S/C20H25N5O/c1-15-13-18(19(26)24-11-9-23(2)10-12-24)22-20(21-15)25-8-7-16-5-3-4-6-17(16)14-25/h3-6,13H,7-12,14H2,1-2H3. The van der Waals surface area contributed by atoms with Gasteiger partial charge >= 0.3 is 0 Å². The summed E-state index contributed by atoms with van der Waals surface area (Å²) in [6.45, 7) is 6.93. The first-order valence-corrected chi connectivity index (χ1v) is 9.25. The summed E-state index contributed by atoms with van der Waals surface area (Å²) in [5.41, 5.74) is 4.06. The lowest BCUT2D eigenvalue weighted by Gasteiger charge is -2.32. The Bertz CT molecular complexity index is 814. The fourth-order valence-corrected chi connectivity index (χ4v) is 3.64. The Balaban J connectivity index is 1.56. The lowest BCUT2D eigenvalue weighted by molar-refractivity contribution is 0.0658. The summed E-state index contributed by atoms with van der Waals surface area (Å²) in [6, 6.07) is 10.3. The number of amides is 1. The van der Waals surface area contributed by atoms with Crippen molar-refractivity contribution >= 4 is 11.9 Å².